The van der Waals surface area contributed by atoms with E-state index in [0.717, 1.165) is 0 Å². The van der Waals surface area contributed by atoms with Crippen LogP contribution in [-0.2, 0) is 9.53 Å². The number of benzene rings is 1. The van der Waals surface area contributed by atoms with Gasteiger partial charge in [0.25, 0.3) is 5.91 Å². The Morgan fingerprint density at radius 3 is 2.72 bits per heavy atom. The van der Waals surface area contributed by atoms with Gasteiger partial charge >= 0.3 is 5.97 Å². The number of hydrogen-bond acceptors (Lipinski definition) is 6. The summed E-state index contributed by atoms with van der Waals surface area (Å²) in [6.45, 7) is 5.74. The highest BCUT2D eigenvalue weighted by atomic mass is 16.5. The van der Waals surface area contributed by atoms with Gasteiger partial charge in [-0.15, -0.1) is 0 Å². The van der Waals surface area contributed by atoms with Crippen molar-refractivity contribution in [3.8, 4) is 11.5 Å². The number of nitrogens with zero attached hydrogens (tertiary/aromatic N) is 2. The molecule has 2 rings (SSSR count). The Morgan fingerprint density at radius 2 is 2.03 bits per heavy atom. The van der Waals surface area contributed by atoms with Crippen molar-refractivity contribution in [1.29, 1.82) is 0 Å². The summed E-state index contributed by atoms with van der Waals surface area (Å²) in [5.74, 6) is 0.716. The molecule has 0 atom stereocenters. The molecular formula is C22H25N3O4. The van der Waals surface area contributed by atoms with Gasteiger partial charge in [0.2, 0.25) is 0 Å². The summed E-state index contributed by atoms with van der Waals surface area (Å²) in [6.07, 6.45) is 5.34. The summed E-state index contributed by atoms with van der Waals surface area (Å²) >= 11 is 0. The lowest BCUT2D eigenvalue weighted by Gasteiger charge is -2.13. The number of aromatic nitrogens is 1. The molecule has 0 bridgehead atoms. The van der Waals surface area contributed by atoms with Crippen LogP contribution in [0.4, 0.5) is 5.82 Å². The Balaban J connectivity index is 2.19. The first-order valence-electron chi connectivity index (χ1n) is 9.33. The second-order valence-corrected chi connectivity index (χ2v) is 6.03. The van der Waals surface area contributed by atoms with Gasteiger partial charge in [-0.1, -0.05) is 13.0 Å². The molecule has 1 aromatic heterocycles. The van der Waals surface area contributed by atoms with Gasteiger partial charge in [0.15, 0.2) is 0 Å². The average Bonchev–Trinajstić information content (AvgIpc) is 2.70. The smallest absolute Gasteiger partial charge is 0.338 e. The summed E-state index contributed by atoms with van der Waals surface area (Å²) in [5.41, 5.74) is 1.70. The number of pyridine rings is 1. The molecule has 0 radical (unpaired) electrons. The van der Waals surface area contributed by atoms with Gasteiger partial charge in [0.1, 0.15) is 17.3 Å². The number of anilines is 1. The van der Waals surface area contributed by atoms with E-state index in [-0.39, 0.29) is 5.91 Å². The summed E-state index contributed by atoms with van der Waals surface area (Å²) in [5, 5.41) is 2.75. The molecule has 1 heterocycles. The molecule has 7 nitrogen and oxygen atoms in total. The second-order valence-electron chi connectivity index (χ2n) is 6.03. The SMILES string of the molecule is CCOC(=O)c1cccc(Oc2ccnc(NC(=O)/C(=C/C=NC)CC)c2)c1C. The lowest BCUT2D eigenvalue weighted by molar-refractivity contribution is -0.113. The zero-order valence-corrected chi connectivity index (χ0v) is 17.1. The molecule has 0 saturated carbocycles. The number of carbonyl (C=O) groups is 2. The molecule has 1 N–H and O–H groups in total. The van der Waals surface area contributed by atoms with Crippen LogP contribution in [0.25, 0.3) is 0 Å². The van der Waals surface area contributed by atoms with E-state index in [1.807, 2.05) is 6.92 Å². The van der Waals surface area contributed by atoms with E-state index in [9.17, 15) is 9.59 Å². The van der Waals surface area contributed by atoms with Gasteiger partial charge < -0.3 is 14.8 Å². The summed E-state index contributed by atoms with van der Waals surface area (Å²) < 4.78 is 11.0. The molecule has 0 fully saturated rings. The van der Waals surface area contributed by atoms with E-state index in [1.54, 1.807) is 63.5 Å². The number of esters is 1. The number of nitrogens with one attached hydrogen (secondary N) is 1. The highest BCUT2D eigenvalue weighted by Crippen LogP contribution is 2.28. The number of hydrogen-bond donors (Lipinski definition) is 1. The first-order chi connectivity index (χ1) is 14.0. The molecule has 2 aromatic rings. The van der Waals surface area contributed by atoms with E-state index < -0.39 is 5.97 Å². The second kappa shape index (κ2) is 10.8. The fraction of sp³-hybridized carbons (Fsp3) is 0.273. The van der Waals surface area contributed by atoms with Crippen molar-refractivity contribution in [1.82, 2.24) is 4.98 Å². The maximum atomic E-state index is 12.4. The third-order valence-electron chi connectivity index (χ3n) is 4.08. The molecule has 1 amide bonds. The van der Waals surface area contributed by atoms with Crippen LogP contribution < -0.4 is 10.1 Å². The van der Waals surface area contributed by atoms with Gasteiger partial charge in [-0.05, 0) is 44.5 Å². The van der Waals surface area contributed by atoms with Crippen molar-refractivity contribution in [3.63, 3.8) is 0 Å². The van der Waals surface area contributed by atoms with E-state index >= 15 is 0 Å². The Hall–Kier alpha value is -3.48. The molecule has 29 heavy (non-hydrogen) atoms. The Labute approximate surface area is 170 Å². The van der Waals surface area contributed by atoms with Crippen LogP contribution in [-0.4, -0.2) is 36.7 Å². The molecule has 152 valence electrons. The lowest BCUT2D eigenvalue weighted by atomic mass is 10.1. The van der Waals surface area contributed by atoms with Crippen LogP contribution in [0, 0.1) is 6.92 Å². The minimum absolute atomic E-state index is 0.252. The van der Waals surface area contributed by atoms with E-state index in [2.05, 4.69) is 15.3 Å². The van der Waals surface area contributed by atoms with E-state index in [4.69, 9.17) is 9.47 Å². The topological polar surface area (TPSA) is 89.9 Å². The van der Waals surface area contributed by atoms with Crippen molar-refractivity contribution in [2.24, 2.45) is 4.99 Å². The maximum absolute atomic E-state index is 12.4. The monoisotopic (exact) mass is 395 g/mol. The van der Waals surface area contributed by atoms with Crippen molar-refractivity contribution in [2.75, 3.05) is 19.0 Å². The molecule has 7 heteroatoms. The number of ether oxygens (including phenoxy) is 2. The number of allylic oxidation sites excluding steroid dienone is 1. The third-order valence-corrected chi connectivity index (χ3v) is 4.08. The maximum Gasteiger partial charge on any atom is 0.338 e. The zero-order chi connectivity index (χ0) is 21.2. The standard InChI is InChI=1S/C22H25N3O4/c1-5-16(10-12-23-4)21(26)25-20-14-17(11-13-24-20)29-19-9-7-8-18(15(19)3)22(27)28-6-2/h7-14H,5-6H2,1-4H3,(H,24,25,26)/b16-10+,23-12?. The van der Waals surface area contributed by atoms with Crippen LogP contribution in [0.5, 0.6) is 11.5 Å². The molecular weight excluding hydrogens is 370 g/mol. The van der Waals surface area contributed by atoms with Gasteiger partial charge in [-0.3, -0.25) is 9.79 Å². The first-order valence-corrected chi connectivity index (χ1v) is 9.33. The average molecular weight is 395 g/mol. The molecule has 0 spiro atoms. The molecule has 1 aromatic carbocycles. The summed E-state index contributed by atoms with van der Waals surface area (Å²) in [6, 6.07) is 8.48. The van der Waals surface area contributed by atoms with Crippen LogP contribution in [0.15, 0.2) is 53.2 Å². The predicted octanol–water partition coefficient (Wildman–Crippen LogP) is 4.33. The summed E-state index contributed by atoms with van der Waals surface area (Å²) in [4.78, 5) is 32.5. The highest BCUT2D eigenvalue weighted by Gasteiger charge is 2.14. The molecule has 0 aliphatic carbocycles. The van der Waals surface area contributed by atoms with Gasteiger partial charge in [-0.25, -0.2) is 9.78 Å². The Kier molecular flexibility index (Phi) is 8.09. The number of aliphatic imine (C=N–C) groups is 1. The van der Waals surface area contributed by atoms with E-state index in [0.29, 0.717) is 47.0 Å². The fourth-order valence-electron chi connectivity index (χ4n) is 2.54. The minimum atomic E-state index is -0.396. The van der Waals surface area contributed by atoms with E-state index in [1.165, 1.54) is 6.20 Å². The largest absolute Gasteiger partial charge is 0.462 e. The van der Waals surface area contributed by atoms with Crippen molar-refractivity contribution in [2.45, 2.75) is 27.2 Å². The van der Waals surface area contributed by atoms with Gasteiger partial charge in [0, 0.05) is 36.7 Å². The number of rotatable bonds is 8. The van der Waals surface area contributed by atoms with Crippen LogP contribution in [0.1, 0.15) is 36.2 Å². The number of carbonyl (C=O) groups excluding carboxylic acids is 2. The molecule has 0 aliphatic rings. The lowest BCUT2D eigenvalue weighted by Crippen LogP contribution is -2.15. The number of amides is 1. The normalized spacial score (nSPS) is 11.4. The molecule has 0 unspecified atom stereocenters. The third kappa shape index (κ3) is 6.00. The van der Waals surface area contributed by atoms with Crippen LogP contribution in [0.2, 0.25) is 0 Å². The predicted molar refractivity (Wildman–Crippen MR) is 113 cm³/mol. The highest BCUT2D eigenvalue weighted by molar-refractivity contribution is 6.05. The Morgan fingerprint density at radius 1 is 1.24 bits per heavy atom. The fourth-order valence-corrected chi connectivity index (χ4v) is 2.54. The van der Waals surface area contributed by atoms with Crippen molar-refractivity contribution < 1.29 is 19.1 Å². The van der Waals surface area contributed by atoms with Gasteiger partial charge in [0.05, 0.1) is 12.2 Å². The molecule has 0 aliphatic heterocycles. The summed E-state index contributed by atoms with van der Waals surface area (Å²) in [7, 11) is 1.64. The quantitative estimate of drug-likeness (QED) is 0.408. The Bertz CT molecular complexity index is 935. The zero-order valence-electron chi connectivity index (χ0n) is 17.1. The van der Waals surface area contributed by atoms with Crippen LogP contribution in [0.3, 0.4) is 0 Å². The minimum Gasteiger partial charge on any atom is -0.462 e. The van der Waals surface area contributed by atoms with Crippen LogP contribution >= 0.6 is 0 Å². The van der Waals surface area contributed by atoms with Crippen molar-refractivity contribution >= 4 is 23.9 Å². The van der Waals surface area contributed by atoms with Crippen molar-refractivity contribution in [3.05, 3.63) is 59.3 Å². The molecule has 0 saturated heterocycles. The first kappa shape index (κ1) is 21.8. The van der Waals surface area contributed by atoms with Gasteiger partial charge in [-0.2, -0.15) is 0 Å².